The molecular weight excluding hydrogens is 679 g/mol. The molecule has 8 aromatic carbocycles. The lowest BCUT2D eigenvalue weighted by Gasteiger charge is -2.33. The van der Waals surface area contributed by atoms with E-state index in [-0.39, 0.29) is 5.41 Å². The molecule has 0 bridgehead atoms. The van der Waals surface area contributed by atoms with Crippen molar-refractivity contribution in [1.82, 2.24) is 4.57 Å². The van der Waals surface area contributed by atoms with Crippen molar-refractivity contribution < 1.29 is 0 Å². The highest BCUT2D eigenvalue weighted by molar-refractivity contribution is 6.28. The van der Waals surface area contributed by atoms with Crippen LogP contribution in [0.3, 0.4) is 0 Å². The quantitative estimate of drug-likeness (QED) is 0.129. The maximum Gasteiger partial charge on any atom is 0.131 e. The zero-order valence-electron chi connectivity index (χ0n) is 31.4. The summed E-state index contributed by atoms with van der Waals surface area (Å²) < 4.78 is 2.39. The van der Waals surface area contributed by atoms with Gasteiger partial charge in [0.25, 0.3) is 0 Å². The van der Waals surface area contributed by atoms with Crippen LogP contribution < -0.4 is 5.73 Å². The van der Waals surface area contributed by atoms with Crippen molar-refractivity contribution in [3.05, 3.63) is 216 Å². The molecule has 0 fully saturated rings. The van der Waals surface area contributed by atoms with Gasteiger partial charge < -0.3 is 10.3 Å². The van der Waals surface area contributed by atoms with Gasteiger partial charge in [-0.2, -0.15) is 0 Å². The summed E-state index contributed by atoms with van der Waals surface area (Å²) in [5, 5.41) is 7.56. The van der Waals surface area contributed by atoms with Gasteiger partial charge in [-0.1, -0.05) is 159 Å². The molecule has 1 heterocycles. The van der Waals surface area contributed by atoms with Crippen molar-refractivity contribution in [3.63, 3.8) is 0 Å². The van der Waals surface area contributed by atoms with Gasteiger partial charge in [-0.3, -0.25) is 0 Å². The Labute approximate surface area is 327 Å². The topological polar surface area (TPSA) is 43.3 Å². The van der Waals surface area contributed by atoms with Crippen LogP contribution in [0, 0.1) is 5.41 Å². The number of para-hydroxylation sites is 1. The smallest absolute Gasteiger partial charge is 0.131 e. The van der Waals surface area contributed by atoms with Gasteiger partial charge in [-0.25, -0.2) is 4.99 Å². The van der Waals surface area contributed by atoms with Crippen molar-refractivity contribution in [1.29, 1.82) is 0 Å². The van der Waals surface area contributed by atoms with E-state index in [2.05, 4.69) is 206 Å². The Morgan fingerprint density at radius 3 is 1.79 bits per heavy atom. The fourth-order valence-corrected chi connectivity index (χ4v) is 8.90. The second-order valence-corrected chi connectivity index (χ2v) is 15.4. The lowest BCUT2D eigenvalue weighted by molar-refractivity contribution is 0.436. The normalized spacial score (nSPS) is 16.1. The van der Waals surface area contributed by atoms with Crippen molar-refractivity contribution in [3.8, 4) is 5.69 Å². The summed E-state index contributed by atoms with van der Waals surface area (Å²) in [6.07, 6.45) is 6.58. The predicted molar refractivity (Wildman–Crippen MR) is 238 cm³/mol. The minimum atomic E-state index is -0.133. The Balaban J connectivity index is 1.01. The summed E-state index contributed by atoms with van der Waals surface area (Å²) in [6, 6.07) is 64.8. The van der Waals surface area contributed by atoms with Gasteiger partial charge in [0.2, 0.25) is 0 Å². The van der Waals surface area contributed by atoms with Crippen molar-refractivity contribution >= 4 is 66.0 Å². The first-order valence-corrected chi connectivity index (χ1v) is 19.4. The third-order valence-corrected chi connectivity index (χ3v) is 11.5. The molecule has 0 aliphatic heterocycles. The first-order chi connectivity index (χ1) is 27.5. The molecule has 3 heteroatoms. The maximum atomic E-state index is 6.85. The Kier molecular flexibility index (Phi) is 8.22. The number of aliphatic imine (C=N–C) groups is 1. The van der Waals surface area contributed by atoms with Gasteiger partial charge in [0, 0.05) is 22.0 Å². The van der Waals surface area contributed by atoms with Crippen LogP contribution in [0.2, 0.25) is 0 Å². The molecule has 2 N–H and O–H groups in total. The first-order valence-electron chi connectivity index (χ1n) is 19.4. The second-order valence-electron chi connectivity index (χ2n) is 15.4. The number of hydrogen-bond acceptors (Lipinski definition) is 1. The summed E-state index contributed by atoms with van der Waals surface area (Å²) in [6.45, 7) is 2.37. The highest BCUT2D eigenvalue weighted by atomic mass is 15.0. The summed E-state index contributed by atoms with van der Waals surface area (Å²) in [4.78, 5) is 5.09. The number of hydrogen-bond donors (Lipinski definition) is 1. The number of fused-ring (bicyclic) bond motifs is 7. The van der Waals surface area contributed by atoms with Crippen LogP contribution in [0.25, 0.3) is 60.2 Å². The van der Waals surface area contributed by atoms with Crippen LogP contribution in [0.5, 0.6) is 0 Å². The van der Waals surface area contributed by atoms with E-state index in [1.54, 1.807) is 0 Å². The first kappa shape index (κ1) is 33.6. The van der Waals surface area contributed by atoms with Crippen LogP contribution in [0.4, 0.5) is 5.69 Å². The molecule has 268 valence electrons. The summed E-state index contributed by atoms with van der Waals surface area (Å²) in [5.41, 5.74) is 18.2. The molecule has 0 spiro atoms. The fraction of sp³-hybridized carbons (Fsp3) is 0.0755. The summed E-state index contributed by atoms with van der Waals surface area (Å²) in [7, 11) is 0. The Bertz CT molecular complexity index is 2930. The number of amidine groups is 1. The number of rotatable bonds is 7. The van der Waals surface area contributed by atoms with Crippen molar-refractivity contribution in [2.24, 2.45) is 16.1 Å². The predicted octanol–water partition coefficient (Wildman–Crippen LogP) is 13.2. The van der Waals surface area contributed by atoms with Crippen LogP contribution in [-0.4, -0.2) is 10.4 Å². The van der Waals surface area contributed by atoms with Gasteiger partial charge in [0.05, 0.1) is 16.7 Å². The third kappa shape index (κ3) is 5.99. The van der Waals surface area contributed by atoms with Gasteiger partial charge in [0.15, 0.2) is 0 Å². The number of allylic oxidation sites excluding steroid dienone is 4. The molecule has 0 saturated carbocycles. The standard InChI is InChI=1S/C53H41N3/c1-53(34-42(36-14-4-2-5-15-36)32-43(35-53)37-16-6-3-7-17-37)33-41-20-10-13-23-47(41)55-52(54)40-24-28-44(29-25-40)56-48-30-26-38-18-8-11-21-45(38)50(48)51-46-22-12-9-19-39(46)27-31-49(51)56/h2-32,34H,33,35H2,1H3,(H2,54,55)/t53-/m1/s1. The van der Waals surface area contributed by atoms with E-state index in [1.165, 1.54) is 71.2 Å². The minimum Gasteiger partial charge on any atom is -0.383 e. The minimum absolute atomic E-state index is 0.133. The van der Waals surface area contributed by atoms with Gasteiger partial charge in [-0.05, 0) is 110 Å². The number of benzene rings is 8. The van der Waals surface area contributed by atoms with Gasteiger partial charge in [0.1, 0.15) is 5.84 Å². The molecule has 1 aliphatic rings. The molecule has 0 amide bonds. The van der Waals surface area contributed by atoms with E-state index in [4.69, 9.17) is 10.7 Å². The van der Waals surface area contributed by atoms with Crippen molar-refractivity contribution in [2.45, 2.75) is 19.8 Å². The molecule has 10 rings (SSSR count). The fourth-order valence-electron chi connectivity index (χ4n) is 8.90. The highest BCUT2D eigenvalue weighted by Crippen LogP contribution is 2.45. The van der Waals surface area contributed by atoms with Crippen molar-refractivity contribution in [2.75, 3.05) is 0 Å². The SMILES string of the molecule is C[C@@]1(Cc2ccccc2N=C(N)c2ccc(-n3c4ccc5ccccc5c4c4c5ccccc5ccc43)cc2)C=C(c2ccccc2)C=C(c2ccccc2)C1. The molecule has 9 aromatic rings. The van der Waals surface area contributed by atoms with E-state index >= 15 is 0 Å². The lowest BCUT2D eigenvalue weighted by atomic mass is 9.71. The van der Waals surface area contributed by atoms with Crippen LogP contribution in [-0.2, 0) is 6.42 Å². The summed E-state index contributed by atoms with van der Waals surface area (Å²) >= 11 is 0. The zero-order valence-corrected chi connectivity index (χ0v) is 31.4. The molecule has 0 radical (unpaired) electrons. The van der Waals surface area contributed by atoms with Crippen LogP contribution >= 0.6 is 0 Å². The molecule has 1 aromatic heterocycles. The average Bonchev–Trinajstić information content (AvgIpc) is 3.60. The number of aromatic nitrogens is 1. The molecule has 1 aliphatic carbocycles. The Morgan fingerprint density at radius 2 is 1.14 bits per heavy atom. The zero-order chi connectivity index (χ0) is 37.6. The van der Waals surface area contributed by atoms with Crippen LogP contribution in [0.1, 0.15) is 35.6 Å². The third-order valence-electron chi connectivity index (χ3n) is 11.5. The molecule has 0 unspecified atom stereocenters. The second kappa shape index (κ2) is 13.7. The molecule has 56 heavy (non-hydrogen) atoms. The number of nitrogens with two attached hydrogens (primary N) is 1. The highest BCUT2D eigenvalue weighted by Gasteiger charge is 2.29. The number of nitrogens with zero attached hydrogens (tertiary/aromatic N) is 2. The van der Waals surface area contributed by atoms with E-state index in [0.29, 0.717) is 5.84 Å². The van der Waals surface area contributed by atoms with Gasteiger partial charge in [-0.15, -0.1) is 0 Å². The largest absolute Gasteiger partial charge is 0.383 e. The van der Waals surface area contributed by atoms with Crippen LogP contribution in [0.15, 0.2) is 199 Å². The summed E-state index contributed by atoms with van der Waals surface area (Å²) in [5.74, 6) is 0.502. The van der Waals surface area contributed by atoms with Gasteiger partial charge >= 0.3 is 0 Å². The molecule has 0 saturated heterocycles. The molecular formula is C53H41N3. The molecule has 3 nitrogen and oxygen atoms in total. The van der Waals surface area contributed by atoms with E-state index < -0.39 is 0 Å². The van der Waals surface area contributed by atoms with E-state index in [9.17, 15) is 0 Å². The molecule has 1 atom stereocenters. The van der Waals surface area contributed by atoms with E-state index in [1.807, 2.05) is 0 Å². The van der Waals surface area contributed by atoms with E-state index in [0.717, 1.165) is 29.8 Å². The Hall–Kier alpha value is -6.97. The Morgan fingerprint density at radius 1 is 0.589 bits per heavy atom. The maximum absolute atomic E-state index is 6.85. The monoisotopic (exact) mass is 719 g/mol. The average molecular weight is 720 g/mol. The lowest BCUT2D eigenvalue weighted by Crippen LogP contribution is -2.21.